The van der Waals surface area contributed by atoms with E-state index < -0.39 is 0 Å². The number of aryl methyl sites for hydroxylation is 1. The Bertz CT molecular complexity index is 507. The number of imidazole rings is 1. The predicted octanol–water partition coefficient (Wildman–Crippen LogP) is 2.49. The summed E-state index contributed by atoms with van der Waals surface area (Å²) in [6.45, 7) is 3.83. The minimum atomic E-state index is 0.499. The Balaban J connectivity index is 1.92. The SMILES string of the molecule is Cc1ncc(CN)n1CCOc1ccc(Br)cc1. The molecule has 2 rings (SSSR count). The molecular formula is C13H16BrN3O. The van der Waals surface area contributed by atoms with Crippen molar-refractivity contribution in [3.8, 4) is 5.75 Å². The van der Waals surface area contributed by atoms with E-state index in [1.807, 2.05) is 37.4 Å². The summed E-state index contributed by atoms with van der Waals surface area (Å²) in [6.07, 6.45) is 1.81. The van der Waals surface area contributed by atoms with Crippen molar-refractivity contribution in [1.82, 2.24) is 9.55 Å². The Labute approximate surface area is 115 Å². The number of nitrogens with two attached hydrogens (primary N) is 1. The molecule has 0 spiro atoms. The smallest absolute Gasteiger partial charge is 0.119 e. The number of hydrogen-bond donors (Lipinski definition) is 1. The fraction of sp³-hybridized carbons (Fsp3) is 0.308. The summed E-state index contributed by atoms with van der Waals surface area (Å²) in [5.41, 5.74) is 6.69. The average molecular weight is 310 g/mol. The van der Waals surface area contributed by atoms with Gasteiger partial charge in [0.1, 0.15) is 18.2 Å². The van der Waals surface area contributed by atoms with E-state index in [9.17, 15) is 0 Å². The highest BCUT2D eigenvalue weighted by atomic mass is 79.9. The van der Waals surface area contributed by atoms with Crippen molar-refractivity contribution in [1.29, 1.82) is 0 Å². The summed E-state index contributed by atoms with van der Waals surface area (Å²) >= 11 is 3.39. The van der Waals surface area contributed by atoms with Crippen molar-refractivity contribution in [2.75, 3.05) is 6.61 Å². The number of benzene rings is 1. The molecule has 0 saturated carbocycles. The van der Waals surface area contributed by atoms with E-state index in [4.69, 9.17) is 10.5 Å². The van der Waals surface area contributed by atoms with Crippen molar-refractivity contribution in [3.63, 3.8) is 0 Å². The Morgan fingerprint density at radius 1 is 1.33 bits per heavy atom. The normalized spacial score (nSPS) is 10.6. The standard InChI is InChI=1S/C13H16BrN3O/c1-10-16-9-12(8-15)17(10)6-7-18-13-4-2-11(14)3-5-13/h2-5,9H,6-8,15H2,1H3. The molecule has 0 amide bonds. The maximum absolute atomic E-state index is 5.68. The second-order valence-corrected chi connectivity index (χ2v) is 4.87. The van der Waals surface area contributed by atoms with Crippen LogP contribution in [0.25, 0.3) is 0 Å². The number of aromatic nitrogens is 2. The molecular weight excluding hydrogens is 294 g/mol. The lowest BCUT2D eigenvalue weighted by atomic mass is 10.3. The van der Waals surface area contributed by atoms with Crippen LogP contribution < -0.4 is 10.5 Å². The van der Waals surface area contributed by atoms with Crippen LogP contribution in [0.15, 0.2) is 34.9 Å². The van der Waals surface area contributed by atoms with Gasteiger partial charge in [0.2, 0.25) is 0 Å². The van der Waals surface area contributed by atoms with Crippen LogP contribution in [0.2, 0.25) is 0 Å². The van der Waals surface area contributed by atoms with Gasteiger partial charge >= 0.3 is 0 Å². The van der Waals surface area contributed by atoms with Gasteiger partial charge in [0.05, 0.1) is 12.2 Å². The van der Waals surface area contributed by atoms with Crippen molar-refractivity contribution in [2.45, 2.75) is 20.0 Å². The molecule has 0 fully saturated rings. The van der Waals surface area contributed by atoms with Crippen LogP contribution in [0.5, 0.6) is 5.75 Å². The number of hydrogen-bond acceptors (Lipinski definition) is 3. The third-order valence-corrected chi connectivity index (χ3v) is 3.27. The summed E-state index contributed by atoms with van der Waals surface area (Å²) in [4.78, 5) is 4.25. The Morgan fingerprint density at radius 3 is 2.72 bits per heavy atom. The predicted molar refractivity (Wildman–Crippen MR) is 74.5 cm³/mol. The molecule has 0 aliphatic heterocycles. The molecule has 0 radical (unpaired) electrons. The van der Waals surface area contributed by atoms with E-state index in [1.165, 1.54) is 0 Å². The van der Waals surface area contributed by atoms with Gasteiger partial charge in [-0.25, -0.2) is 4.98 Å². The summed E-state index contributed by atoms with van der Waals surface area (Å²) < 4.78 is 8.81. The van der Waals surface area contributed by atoms with Crippen LogP contribution >= 0.6 is 15.9 Å². The first-order valence-corrected chi connectivity index (χ1v) is 6.59. The van der Waals surface area contributed by atoms with Crippen molar-refractivity contribution < 1.29 is 4.74 Å². The average Bonchev–Trinajstić information content (AvgIpc) is 2.73. The zero-order chi connectivity index (χ0) is 13.0. The first-order chi connectivity index (χ1) is 8.70. The number of ether oxygens (including phenoxy) is 1. The maximum Gasteiger partial charge on any atom is 0.119 e. The minimum absolute atomic E-state index is 0.499. The van der Waals surface area contributed by atoms with E-state index in [0.29, 0.717) is 13.2 Å². The van der Waals surface area contributed by atoms with E-state index in [0.717, 1.165) is 28.3 Å². The molecule has 18 heavy (non-hydrogen) atoms. The highest BCUT2D eigenvalue weighted by molar-refractivity contribution is 9.10. The minimum Gasteiger partial charge on any atom is -0.492 e. The van der Waals surface area contributed by atoms with Gasteiger partial charge in [-0.2, -0.15) is 0 Å². The van der Waals surface area contributed by atoms with Crippen molar-refractivity contribution in [3.05, 3.63) is 46.5 Å². The van der Waals surface area contributed by atoms with Crippen LogP contribution in [0.4, 0.5) is 0 Å². The Morgan fingerprint density at radius 2 is 2.06 bits per heavy atom. The number of nitrogens with zero attached hydrogens (tertiary/aromatic N) is 2. The number of rotatable bonds is 5. The lowest BCUT2D eigenvalue weighted by Gasteiger charge is -2.10. The van der Waals surface area contributed by atoms with Crippen LogP contribution in [0.3, 0.4) is 0 Å². The topological polar surface area (TPSA) is 53.1 Å². The number of halogens is 1. The summed E-state index contributed by atoms with van der Waals surface area (Å²) in [5.74, 6) is 1.83. The molecule has 2 aromatic rings. The van der Waals surface area contributed by atoms with Crippen molar-refractivity contribution in [2.24, 2.45) is 5.73 Å². The monoisotopic (exact) mass is 309 g/mol. The maximum atomic E-state index is 5.68. The van der Waals surface area contributed by atoms with Gasteiger partial charge in [-0.1, -0.05) is 15.9 Å². The molecule has 1 heterocycles. The van der Waals surface area contributed by atoms with Crippen LogP contribution in [0, 0.1) is 6.92 Å². The van der Waals surface area contributed by atoms with Gasteiger partial charge in [0, 0.05) is 17.2 Å². The second kappa shape index (κ2) is 6.02. The second-order valence-electron chi connectivity index (χ2n) is 3.95. The zero-order valence-corrected chi connectivity index (χ0v) is 11.9. The lowest BCUT2D eigenvalue weighted by molar-refractivity contribution is 0.295. The van der Waals surface area contributed by atoms with Crippen LogP contribution in [-0.2, 0) is 13.1 Å². The summed E-state index contributed by atoms with van der Waals surface area (Å²) in [5, 5.41) is 0. The first kappa shape index (κ1) is 13.1. The van der Waals surface area contributed by atoms with Gasteiger partial charge in [-0.3, -0.25) is 0 Å². The third kappa shape index (κ3) is 3.11. The van der Waals surface area contributed by atoms with E-state index in [2.05, 4.69) is 25.5 Å². The van der Waals surface area contributed by atoms with E-state index >= 15 is 0 Å². The van der Waals surface area contributed by atoms with Gasteiger partial charge in [-0.15, -0.1) is 0 Å². The van der Waals surface area contributed by atoms with Gasteiger partial charge in [-0.05, 0) is 31.2 Å². The van der Waals surface area contributed by atoms with Gasteiger partial charge in [0.15, 0.2) is 0 Å². The Kier molecular flexibility index (Phi) is 4.38. The summed E-state index contributed by atoms with van der Waals surface area (Å²) in [7, 11) is 0. The fourth-order valence-electron chi connectivity index (χ4n) is 1.77. The molecule has 2 N–H and O–H groups in total. The van der Waals surface area contributed by atoms with Gasteiger partial charge < -0.3 is 15.0 Å². The highest BCUT2D eigenvalue weighted by Gasteiger charge is 2.04. The lowest BCUT2D eigenvalue weighted by Crippen LogP contribution is -2.14. The molecule has 5 heteroatoms. The van der Waals surface area contributed by atoms with E-state index in [-0.39, 0.29) is 0 Å². The highest BCUT2D eigenvalue weighted by Crippen LogP contribution is 2.16. The fourth-order valence-corrected chi connectivity index (χ4v) is 2.03. The van der Waals surface area contributed by atoms with Crippen LogP contribution in [0.1, 0.15) is 11.5 Å². The van der Waals surface area contributed by atoms with E-state index in [1.54, 1.807) is 0 Å². The van der Waals surface area contributed by atoms with Crippen LogP contribution in [-0.4, -0.2) is 16.2 Å². The molecule has 0 saturated heterocycles. The summed E-state index contributed by atoms with van der Waals surface area (Å²) in [6, 6.07) is 7.80. The quantitative estimate of drug-likeness (QED) is 0.923. The molecule has 1 aromatic carbocycles. The molecule has 0 unspecified atom stereocenters. The largest absolute Gasteiger partial charge is 0.492 e. The molecule has 1 aromatic heterocycles. The van der Waals surface area contributed by atoms with Crippen molar-refractivity contribution >= 4 is 15.9 Å². The molecule has 4 nitrogen and oxygen atoms in total. The van der Waals surface area contributed by atoms with Gasteiger partial charge in [0.25, 0.3) is 0 Å². The molecule has 0 aliphatic carbocycles. The molecule has 0 bridgehead atoms. The molecule has 0 aliphatic rings. The molecule has 0 atom stereocenters. The molecule has 96 valence electrons. The first-order valence-electron chi connectivity index (χ1n) is 5.80. The zero-order valence-electron chi connectivity index (χ0n) is 10.3. The third-order valence-electron chi connectivity index (χ3n) is 2.74. The Hall–Kier alpha value is -1.33.